The first kappa shape index (κ1) is 3.71. The normalized spacial score (nSPS) is 36.4. The highest BCUT2D eigenvalue weighted by Crippen LogP contribution is 2.47. The fraction of sp³-hybridized carbons (Fsp3) is 0.714. The van der Waals surface area contributed by atoms with Crippen LogP contribution < -0.4 is 0 Å². The molecule has 0 aromatic carbocycles. The SMILES string of the molecule is CC1CC1=C1CC1. The van der Waals surface area contributed by atoms with Crippen LogP contribution in [0.1, 0.15) is 26.2 Å². The van der Waals surface area contributed by atoms with Crippen molar-refractivity contribution in [1.29, 1.82) is 0 Å². The van der Waals surface area contributed by atoms with Crippen molar-refractivity contribution in [1.82, 2.24) is 0 Å². The maximum absolute atomic E-state index is 2.32. The van der Waals surface area contributed by atoms with Gasteiger partial charge in [-0.15, -0.1) is 0 Å². The zero-order chi connectivity index (χ0) is 4.85. The molecule has 0 spiro atoms. The van der Waals surface area contributed by atoms with E-state index in [-0.39, 0.29) is 0 Å². The maximum Gasteiger partial charge on any atom is -0.0191 e. The van der Waals surface area contributed by atoms with Gasteiger partial charge in [-0.1, -0.05) is 18.1 Å². The van der Waals surface area contributed by atoms with Gasteiger partial charge in [0.15, 0.2) is 0 Å². The summed E-state index contributed by atoms with van der Waals surface area (Å²) in [7, 11) is 0. The minimum atomic E-state index is 0.984. The maximum atomic E-state index is 2.32. The lowest BCUT2D eigenvalue weighted by Gasteiger charge is -1.66. The number of allylic oxidation sites excluding steroid dienone is 2. The first-order valence-electron chi connectivity index (χ1n) is 3.08. The monoisotopic (exact) mass is 94.1 g/mol. The van der Waals surface area contributed by atoms with Crippen LogP contribution in [-0.2, 0) is 0 Å². The Hall–Kier alpha value is -0.260. The Morgan fingerprint density at radius 3 is 2.14 bits per heavy atom. The Kier molecular flexibility index (Phi) is 0.495. The summed E-state index contributed by atoms with van der Waals surface area (Å²) in [5, 5.41) is 0. The Labute approximate surface area is 44.2 Å². The van der Waals surface area contributed by atoms with E-state index in [4.69, 9.17) is 0 Å². The molecule has 2 aliphatic carbocycles. The molecule has 2 aliphatic rings. The average molecular weight is 94.2 g/mol. The molecule has 0 amide bonds. The van der Waals surface area contributed by atoms with Gasteiger partial charge in [-0.3, -0.25) is 0 Å². The topological polar surface area (TPSA) is 0 Å². The molecule has 0 aromatic rings. The van der Waals surface area contributed by atoms with Gasteiger partial charge in [-0.05, 0) is 25.2 Å². The lowest BCUT2D eigenvalue weighted by atomic mass is 10.4. The second kappa shape index (κ2) is 0.936. The third-order valence-corrected chi connectivity index (χ3v) is 1.91. The van der Waals surface area contributed by atoms with E-state index in [9.17, 15) is 0 Å². The Morgan fingerprint density at radius 1 is 1.43 bits per heavy atom. The summed E-state index contributed by atoms with van der Waals surface area (Å²) in [4.78, 5) is 0. The summed E-state index contributed by atoms with van der Waals surface area (Å²) < 4.78 is 0. The van der Waals surface area contributed by atoms with Crippen LogP contribution in [0.2, 0.25) is 0 Å². The van der Waals surface area contributed by atoms with E-state index in [1.807, 2.05) is 0 Å². The molecule has 0 heteroatoms. The number of hydrogen-bond donors (Lipinski definition) is 0. The minimum Gasteiger partial charge on any atom is -0.0701 e. The summed E-state index contributed by atoms with van der Waals surface area (Å²) in [6, 6.07) is 0. The second-order valence-corrected chi connectivity index (χ2v) is 2.73. The van der Waals surface area contributed by atoms with Crippen LogP contribution in [-0.4, -0.2) is 0 Å². The predicted octanol–water partition coefficient (Wildman–Crippen LogP) is 2.12. The van der Waals surface area contributed by atoms with Gasteiger partial charge >= 0.3 is 0 Å². The fourth-order valence-electron chi connectivity index (χ4n) is 1.15. The summed E-state index contributed by atoms with van der Waals surface area (Å²) in [6.07, 6.45) is 4.29. The Morgan fingerprint density at radius 2 is 2.00 bits per heavy atom. The largest absolute Gasteiger partial charge is 0.0701 e. The van der Waals surface area contributed by atoms with E-state index >= 15 is 0 Å². The van der Waals surface area contributed by atoms with Crippen molar-refractivity contribution in [2.75, 3.05) is 0 Å². The van der Waals surface area contributed by atoms with Crippen LogP contribution in [0.25, 0.3) is 0 Å². The number of hydrogen-bond acceptors (Lipinski definition) is 0. The van der Waals surface area contributed by atoms with Gasteiger partial charge in [0.2, 0.25) is 0 Å². The van der Waals surface area contributed by atoms with Crippen LogP contribution >= 0.6 is 0 Å². The molecule has 0 nitrogen and oxygen atoms in total. The third-order valence-electron chi connectivity index (χ3n) is 1.91. The molecule has 2 rings (SSSR count). The van der Waals surface area contributed by atoms with Crippen molar-refractivity contribution < 1.29 is 0 Å². The van der Waals surface area contributed by atoms with Gasteiger partial charge in [-0.2, -0.15) is 0 Å². The molecule has 2 fully saturated rings. The quantitative estimate of drug-likeness (QED) is 0.403. The molecule has 1 unspecified atom stereocenters. The summed E-state index contributed by atoms with van der Waals surface area (Å²) >= 11 is 0. The highest BCUT2D eigenvalue weighted by molar-refractivity contribution is 5.35. The van der Waals surface area contributed by atoms with E-state index < -0.39 is 0 Å². The van der Waals surface area contributed by atoms with E-state index in [1.54, 1.807) is 11.1 Å². The first-order valence-corrected chi connectivity index (χ1v) is 3.08. The third kappa shape index (κ3) is 0.495. The lowest BCUT2D eigenvalue weighted by molar-refractivity contribution is 1.02. The van der Waals surface area contributed by atoms with Crippen molar-refractivity contribution in [2.24, 2.45) is 5.92 Å². The number of rotatable bonds is 0. The molecule has 1 atom stereocenters. The van der Waals surface area contributed by atoms with Crippen molar-refractivity contribution in [3.63, 3.8) is 0 Å². The van der Waals surface area contributed by atoms with Crippen LogP contribution in [0.5, 0.6) is 0 Å². The van der Waals surface area contributed by atoms with Gasteiger partial charge in [-0.25, -0.2) is 0 Å². The van der Waals surface area contributed by atoms with Crippen LogP contribution in [0, 0.1) is 5.92 Å². The van der Waals surface area contributed by atoms with E-state index in [0.717, 1.165) is 5.92 Å². The van der Waals surface area contributed by atoms with Crippen LogP contribution in [0.3, 0.4) is 0 Å². The fourth-order valence-corrected chi connectivity index (χ4v) is 1.15. The van der Waals surface area contributed by atoms with Gasteiger partial charge in [0, 0.05) is 0 Å². The van der Waals surface area contributed by atoms with Crippen molar-refractivity contribution in [3.05, 3.63) is 11.1 Å². The van der Waals surface area contributed by atoms with Gasteiger partial charge < -0.3 is 0 Å². The van der Waals surface area contributed by atoms with Crippen molar-refractivity contribution in [3.8, 4) is 0 Å². The summed E-state index contributed by atoms with van der Waals surface area (Å²) in [5.74, 6) is 0.984. The van der Waals surface area contributed by atoms with Gasteiger partial charge in [0.05, 0.1) is 0 Å². The van der Waals surface area contributed by atoms with Gasteiger partial charge in [0.25, 0.3) is 0 Å². The van der Waals surface area contributed by atoms with Crippen LogP contribution in [0.4, 0.5) is 0 Å². The Balaban J connectivity index is 2.22. The van der Waals surface area contributed by atoms with Crippen molar-refractivity contribution >= 4 is 0 Å². The molecule has 0 heterocycles. The second-order valence-electron chi connectivity index (χ2n) is 2.73. The first-order chi connectivity index (χ1) is 3.38. The summed E-state index contributed by atoms with van der Waals surface area (Å²) in [5.41, 5.74) is 3.58. The molecular weight excluding hydrogens is 84.1 g/mol. The molecule has 0 aliphatic heterocycles. The van der Waals surface area contributed by atoms with E-state index in [1.165, 1.54) is 19.3 Å². The molecular formula is C7H10. The predicted molar refractivity (Wildman–Crippen MR) is 30.0 cm³/mol. The Bertz CT molecular complexity index is 125. The molecule has 2 saturated carbocycles. The molecule has 0 aromatic heterocycles. The minimum absolute atomic E-state index is 0.984. The van der Waals surface area contributed by atoms with Crippen LogP contribution in [0.15, 0.2) is 11.1 Å². The molecule has 38 valence electrons. The molecule has 0 bridgehead atoms. The smallest absolute Gasteiger partial charge is 0.0191 e. The molecule has 7 heavy (non-hydrogen) atoms. The molecule has 0 radical (unpaired) electrons. The highest BCUT2D eigenvalue weighted by Gasteiger charge is 2.31. The van der Waals surface area contributed by atoms with Crippen molar-refractivity contribution in [2.45, 2.75) is 26.2 Å². The molecule has 0 saturated heterocycles. The van der Waals surface area contributed by atoms with E-state index in [0.29, 0.717) is 0 Å². The van der Waals surface area contributed by atoms with Gasteiger partial charge in [0.1, 0.15) is 0 Å². The highest BCUT2D eigenvalue weighted by atomic mass is 14.4. The summed E-state index contributed by atoms with van der Waals surface area (Å²) in [6.45, 7) is 2.32. The lowest BCUT2D eigenvalue weighted by Crippen LogP contribution is -1.51. The average Bonchev–Trinajstić information content (AvgIpc) is 2.23. The standard InChI is InChI=1S/C7H10/c1-5-4-7(5)6-2-3-6/h5H,2-4H2,1H3. The zero-order valence-electron chi connectivity index (χ0n) is 4.70. The molecule has 0 N–H and O–H groups in total. The zero-order valence-corrected chi connectivity index (χ0v) is 4.70. The van der Waals surface area contributed by atoms with E-state index in [2.05, 4.69) is 6.92 Å².